The van der Waals surface area contributed by atoms with Crippen LogP contribution in [-0.2, 0) is 55.8 Å². The molecule has 0 spiro atoms. The molecule has 0 aromatic carbocycles. The van der Waals surface area contributed by atoms with E-state index in [9.17, 15) is 43.5 Å². The Morgan fingerprint density at radius 2 is 0.485 bits per heavy atom. The maximum Gasteiger partial charge on any atom is 0.472 e. The van der Waals surface area contributed by atoms with Crippen LogP contribution in [0.25, 0.3) is 0 Å². The summed E-state index contributed by atoms with van der Waals surface area (Å²) >= 11 is 0. The molecule has 0 bridgehead atoms. The van der Waals surface area contributed by atoms with E-state index >= 15 is 0 Å². The van der Waals surface area contributed by atoms with Crippen molar-refractivity contribution in [2.75, 3.05) is 39.6 Å². The van der Waals surface area contributed by atoms with E-state index in [0.29, 0.717) is 19.3 Å². The molecule has 0 aliphatic rings. The average molecular weight is 1480 g/mol. The number of unbranched alkanes of at least 4 members (excludes halogenated alkanes) is 25. The number of aliphatic hydroxyl groups excluding tert-OH is 2. The molecule has 0 aliphatic heterocycles. The van der Waals surface area contributed by atoms with Crippen molar-refractivity contribution in [2.45, 2.75) is 322 Å². The van der Waals surface area contributed by atoms with Gasteiger partial charge in [-0.1, -0.05) is 301 Å². The average Bonchev–Trinajstić information content (AvgIpc) is 0.915. The van der Waals surface area contributed by atoms with E-state index in [1.165, 1.54) is 51.4 Å². The quantitative estimate of drug-likeness (QED) is 0.0146. The van der Waals surface area contributed by atoms with Crippen LogP contribution in [0, 0.1) is 0 Å². The second-order valence-corrected chi connectivity index (χ2v) is 29.0. The lowest BCUT2D eigenvalue weighted by Gasteiger charge is -2.21. The topological polar surface area (TPSA) is 231 Å². The molecular weight excluding hydrogens is 1340 g/mol. The van der Waals surface area contributed by atoms with Crippen molar-refractivity contribution >= 4 is 33.6 Å². The Morgan fingerprint density at radius 3 is 0.767 bits per heavy atom. The Kier molecular flexibility index (Phi) is 73.2. The molecule has 0 saturated heterocycles. The van der Waals surface area contributed by atoms with Gasteiger partial charge >= 0.3 is 33.6 Å². The van der Waals surface area contributed by atoms with Crippen molar-refractivity contribution in [1.82, 2.24) is 0 Å². The van der Waals surface area contributed by atoms with Crippen LogP contribution in [0.5, 0.6) is 0 Å². The lowest BCUT2D eigenvalue weighted by Crippen LogP contribution is -2.30. The van der Waals surface area contributed by atoms with Crippen LogP contribution < -0.4 is 0 Å². The van der Waals surface area contributed by atoms with Gasteiger partial charge in [0.15, 0.2) is 6.10 Å². The van der Waals surface area contributed by atoms with Crippen LogP contribution in [0.2, 0.25) is 0 Å². The number of aliphatic hydroxyl groups is 2. The number of carbonyl (C=O) groups excluding carboxylic acids is 3. The summed E-state index contributed by atoms with van der Waals surface area (Å²) in [5, 5.41) is 20.6. The van der Waals surface area contributed by atoms with Crippen molar-refractivity contribution in [3.63, 3.8) is 0 Å². The van der Waals surface area contributed by atoms with Gasteiger partial charge in [0.25, 0.3) is 0 Å². The van der Waals surface area contributed by atoms with Gasteiger partial charge in [0.05, 0.1) is 26.4 Å². The number of phosphoric acid groups is 2. The van der Waals surface area contributed by atoms with E-state index in [1.54, 1.807) is 0 Å². The van der Waals surface area contributed by atoms with Crippen LogP contribution in [-0.4, -0.2) is 95.9 Å². The summed E-state index contributed by atoms with van der Waals surface area (Å²) in [6, 6.07) is 0. The highest BCUT2D eigenvalue weighted by Crippen LogP contribution is 2.45. The molecule has 16 nitrogen and oxygen atoms in total. The maximum atomic E-state index is 13.0. The largest absolute Gasteiger partial charge is 0.472 e. The zero-order valence-electron chi connectivity index (χ0n) is 64.2. The molecule has 0 aromatic heterocycles. The maximum absolute atomic E-state index is 13.0. The third-order valence-electron chi connectivity index (χ3n) is 16.2. The van der Waals surface area contributed by atoms with Crippen LogP contribution in [0.15, 0.2) is 158 Å². The first kappa shape index (κ1) is 98.2. The van der Waals surface area contributed by atoms with Crippen LogP contribution in [0.4, 0.5) is 0 Å². The number of hydrogen-bond acceptors (Lipinski definition) is 14. The van der Waals surface area contributed by atoms with Gasteiger partial charge in [0, 0.05) is 19.3 Å². The molecule has 5 unspecified atom stereocenters. The third-order valence-corrected chi connectivity index (χ3v) is 18.1. The molecule has 0 saturated carbocycles. The number of carbonyl (C=O) groups is 3. The van der Waals surface area contributed by atoms with Gasteiger partial charge in [0.1, 0.15) is 25.4 Å². The molecule has 0 fully saturated rings. The van der Waals surface area contributed by atoms with Gasteiger partial charge < -0.3 is 34.2 Å². The zero-order valence-corrected chi connectivity index (χ0v) is 66.0. The SMILES string of the molecule is CC/C=C\C/C=C\C/C=C\C/C=C\C/C=C\C/C=C\CCCCCCCCCCCCCCC(=O)OCC(O)COP(=O)(O)OCC(O)COP(=O)(O)OCC(COC(=O)CCCCCCCC/C=C\C/C=C\C/C=C\C/C=C\CC)OC(=O)CCCCCCCCC/C=C\C/C=C\C/C=C\CC. The van der Waals surface area contributed by atoms with Crippen molar-refractivity contribution in [2.24, 2.45) is 0 Å². The molecule has 18 heteroatoms. The highest BCUT2D eigenvalue weighted by Gasteiger charge is 2.29. The fraction of sp³-hybridized carbons (Fsp3) is 0.659. The molecule has 103 heavy (non-hydrogen) atoms. The Balaban J connectivity index is 4.54. The molecular formula is C85H142O16P2. The van der Waals surface area contributed by atoms with Crippen molar-refractivity contribution in [3.05, 3.63) is 158 Å². The van der Waals surface area contributed by atoms with Gasteiger partial charge in [-0.3, -0.25) is 32.5 Å². The second-order valence-electron chi connectivity index (χ2n) is 26.1. The zero-order chi connectivity index (χ0) is 75.2. The van der Waals surface area contributed by atoms with Crippen molar-refractivity contribution in [1.29, 1.82) is 0 Å². The van der Waals surface area contributed by atoms with E-state index in [1.807, 2.05) is 0 Å². The summed E-state index contributed by atoms with van der Waals surface area (Å²) in [5.41, 5.74) is 0. The van der Waals surface area contributed by atoms with E-state index in [2.05, 4.69) is 179 Å². The van der Waals surface area contributed by atoms with Gasteiger partial charge in [-0.15, -0.1) is 0 Å². The number of ether oxygens (including phenoxy) is 3. The predicted molar refractivity (Wildman–Crippen MR) is 426 cm³/mol. The number of allylic oxidation sites excluding steroid dienone is 26. The number of esters is 3. The van der Waals surface area contributed by atoms with Crippen LogP contribution in [0.3, 0.4) is 0 Å². The monoisotopic (exact) mass is 1480 g/mol. The fourth-order valence-corrected chi connectivity index (χ4v) is 11.9. The molecule has 0 rings (SSSR count). The standard InChI is InChI=1S/C85H142O16P2/c1-4-7-10-13-16-19-22-25-28-31-33-34-35-36-37-38-39-40-41-42-43-44-46-49-50-53-56-59-62-65-68-71-83(88)95-74-80(86)75-97-102(91,92)98-76-81(87)77-99-103(93,94)100-79-82(101-85(90)73-70-67-64-61-58-55-52-47-30-27-24-21-18-15-12-9-6-3)78-96-84(89)72-69-66-63-60-57-54-51-48-45-32-29-26-23-20-17-14-11-8-5-2/h7-12,16-21,25-30,33-34,36-37,39-40,45,48,80-82,86-87H,4-6,13-15,22-24,31-32,35,38,41-44,46-47,49-79H2,1-3H3,(H,91,92)(H,93,94)/b10-7-,11-8-,12-9-,19-16-,20-17-,21-18-,28-25-,29-26-,30-27-,34-33-,37-36-,40-39-,48-45-. The summed E-state index contributed by atoms with van der Waals surface area (Å²) in [6.07, 6.45) is 95.7. The van der Waals surface area contributed by atoms with Crippen molar-refractivity contribution in [3.8, 4) is 0 Å². The summed E-state index contributed by atoms with van der Waals surface area (Å²) < 4.78 is 61.2. The summed E-state index contributed by atoms with van der Waals surface area (Å²) in [5.74, 6) is -1.61. The number of hydrogen-bond donors (Lipinski definition) is 4. The second kappa shape index (κ2) is 76.8. The Morgan fingerprint density at radius 1 is 0.272 bits per heavy atom. The third kappa shape index (κ3) is 78.1. The molecule has 0 radical (unpaired) electrons. The molecule has 0 amide bonds. The van der Waals surface area contributed by atoms with E-state index in [-0.39, 0.29) is 19.3 Å². The first-order chi connectivity index (χ1) is 50.2. The van der Waals surface area contributed by atoms with Gasteiger partial charge in [-0.2, -0.15) is 0 Å². The minimum atomic E-state index is -4.94. The molecule has 4 N–H and O–H groups in total. The summed E-state index contributed by atoms with van der Waals surface area (Å²) in [4.78, 5) is 58.7. The molecule has 588 valence electrons. The predicted octanol–water partition coefficient (Wildman–Crippen LogP) is 23.4. The Hall–Kier alpha value is -4.83. The number of rotatable bonds is 74. The fourth-order valence-electron chi connectivity index (χ4n) is 10.3. The minimum Gasteiger partial charge on any atom is -0.463 e. The normalized spacial score (nSPS) is 14.8. The Bertz CT molecular complexity index is 2500. The molecule has 0 aliphatic carbocycles. The lowest BCUT2D eigenvalue weighted by molar-refractivity contribution is -0.161. The Labute approximate surface area is 625 Å². The number of phosphoric ester groups is 2. The first-order valence-corrected chi connectivity index (χ1v) is 42.8. The highest BCUT2D eigenvalue weighted by molar-refractivity contribution is 7.47. The van der Waals surface area contributed by atoms with Crippen LogP contribution >= 0.6 is 15.6 Å². The molecule has 0 aromatic rings. The van der Waals surface area contributed by atoms with Gasteiger partial charge in [0.2, 0.25) is 0 Å². The molecule has 5 atom stereocenters. The highest BCUT2D eigenvalue weighted by atomic mass is 31.2. The van der Waals surface area contributed by atoms with E-state index in [4.69, 9.17) is 32.3 Å². The van der Waals surface area contributed by atoms with Gasteiger partial charge in [-0.05, 0) is 141 Å². The summed E-state index contributed by atoms with van der Waals surface area (Å²) in [7, 11) is -9.80. The first-order valence-electron chi connectivity index (χ1n) is 39.8. The smallest absolute Gasteiger partial charge is 0.463 e. The molecule has 0 heterocycles. The lowest BCUT2D eigenvalue weighted by atomic mass is 10.0. The van der Waals surface area contributed by atoms with E-state index < -0.39 is 91.5 Å². The summed E-state index contributed by atoms with van der Waals surface area (Å²) in [6.45, 7) is 2.32. The minimum absolute atomic E-state index is 0.0859. The van der Waals surface area contributed by atoms with E-state index in [0.717, 1.165) is 193 Å². The van der Waals surface area contributed by atoms with Gasteiger partial charge in [-0.25, -0.2) is 9.13 Å². The van der Waals surface area contributed by atoms with Crippen molar-refractivity contribution < 1.29 is 75.8 Å². The van der Waals surface area contributed by atoms with Crippen LogP contribution in [0.1, 0.15) is 303 Å².